The molecule has 270 valence electrons. The van der Waals surface area contributed by atoms with Gasteiger partial charge in [0.25, 0.3) is 7.82 Å². The van der Waals surface area contributed by atoms with Gasteiger partial charge in [0.05, 0.1) is 10.0 Å². The molecule has 0 aliphatic carbocycles. The lowest BCUT2D eigenvalue weighted by atomic mass is 10.3. The monoisotopic (exact) mass is 845 g/mol. The molecular weight excluding hydrogens is 819 g/mol. The van der Waals surface area contributed by atoms with Crippen molar-refractivity contribution in [3.63, 3.8) is 0 Å². The molecule has 34 heteroatoms. The van der Waals surface area contributed by atoms with Gasteiger partial charge in [-0.1, -0.05) is 41.1 Å². The third-order valence-electron chi connectivity index (χ3n) is 2.24. The van der Waals surface area contributed by atoms with Crippen molar-refractivity contribution in [3.05, 3.63) is 39.8 Å². The summed E-state index contributed by atoms with van der Waals surface area (Å²) in [7, 11) is -28.1. The first kappa shape index (κ1) is 54.5. The molecule has 0 atom stereocenters. The molecule has 45 heavy (non-hydrogen) atoms. The number of allylic oxidation sites excluding steroid dienone is 1. The Morgan fingerprint density at radius 2 is 0.889 bits per heavy atom. The van der Waals surface area contributed by atoms with Crippen LogP contribution in [0.2, 0.25) is 10.0 Å². The minimum Gasteiger partial charge on any atom is -0.756 e. The van der Waals surface area contributed by atoms with Gasteiger partial charge in [0.1, 0.15) is 4.70 Å². The lowest BCUT2D eigenvalue weighted by molar-refractivity contribution is -0.662. The summed E-state index contributed by atoms with van der Waals surface area (Å²) in [4.78, 5) is 131. The number of aromatic nitrogens is 1. The largest absolute Gasteiger partial charge is 0.756 e. The van der Waals surface area contributed by atoms with Crippen LogP contribution in [0.25, 0.3) is 10.2 Å². The fourth-order valence-corrected chi connectivity index (χ4v) is 2.99. The van der Waals surface area contributed by atoms with Crippen LogP contribution in [0, 0.1) is 6.92 Å². The van der Waals surface area contributed by atoms with E-state index in [0.29, 0.717) is 10.0 Å². The molecule has 0 saturated heterocycles. The summed E-state index contributed by atoms with van der Waals surface area (Å²) in [6.07, 6.45) is 1.88. The maximum absolute atomic E-state index is 8.88. The van der Waals surface area contributed by atoms with Crippen LogP contribution >= 0.6 is 81.5 Å². The Hall–Kier alpha value is 0.0900. The second-order valence-electron chi connectivity index (χ2n) is 6.31. The number of phosphoric acid groups is 6. The molecular formula is C11H27Cl2NO24P6S. The van der Waals surface area contributed by atoms with Crippen LogP contribution < -0.4 is 9.46 Å². The number of hydrogen-bond acceptors (Lipinski definition) is 8. The second-order valence-corrected chi connectivity index (χ2v) is 14.5. The van der Waals surface area contributed by atoms with Gasteiger partial charge in [-0.15, -0.1) is 0 Å². The molecule has 0 bridgehead atoms. The molecule has 0 spiro atoms. The number of thiazole rings is 1. The number of fused-ring (bicyclic) bond motifs is 1. The van der Waals surface area contributed by atoms with Crippen LogP contribution in [0.1, 0.15) is 5.01 Å². The predicted octanol–water partition coefficient (Wildman–Crippen LogP) is -2.21. The van der Waals surface area contributed by atoms with Crippen molar-refractivity contribution in [2.75, 3.05) is 0 Å². The van der Waals surface area contributed by atoms with Crippen molar-refractivity contribution in [1.82, 2.24) is 0 Å². The third kappa shape index (κ3) is 80.8. The zero-order valence-corrected chi connectivity index (χ0v) is 29.1. The van der Waals surface area contributed by atoms with Crippen LogP contribution in [0.5, 0.6) is 0 Å². The summed E-state index contributed by atoms with van der Waals surface area (Å²) < 4.78 is 56.5. The first-order valence-electron chi connectivity index (χ1n) is 9.20. The van der Waals surface area contributed by atoms with Gasteiger partial charge < -0.3 is 88.1 Å². The smallest absolute Gasteiger partial charge is 0.466 e. The summed E-state index contributed by atoms with van der Waals surface area (Å²) in [5.41, 5.74) is 1.12. The van der Waals surface area contributed by atoms with E-state index in [9.17, 15) is 0 Å². The molecule has 2 aromatic rings. The molecule has 0 aliphatic rings. The highest BCUT2D eigenvalue weighted by Crippen LogP contribution is 2.30. The highest BCUT2D eigenvalue weighted by Gasteiger charge is 2.17. The van der Waals surface area contributed by atoms with Crippen LogP contribution in [0.3, 0.4) is 0 Å². The maximum atomic E-state index is 8.88. The molecule has 0 radical (unpaired) electrons. The third-order valence-corrected chi connectivity index (χ3v) is 4.03. The van der Waals surface area contributed by atoms with Gasteiger partial charge in [-0.05, 0) is 12.1 Å². The van der Waals surface area contributed by atoms with E-state index >= 15 is 0 Å². The second kappa shape index (κ2) is 23.4. The fourth-order valence-electron chi connectivity index (χ4n) is 1.55. The Balaban J connectivity index is -0.000000151. The minimum absolute atomic E-state index is 0.597. The number of halogens is 2. The van der Waals surface area contributed by atoms with E-state index in [1.54, 1.807) is 11.3 Å². The molecule has 25 nitrogen and oxygen atoms in total. The molecule has 1 heterocycles. The van der Waals surface area contributed by atoms with Gasteiger partial charge in [0.15, 0.2) is 6.54 Å². The summed E-state index contributed by atoms with van der Waals surface area (Å²) in [5.74, 6) is 0. The predicted molar refractivity (Wildman–Crippen MR) is 150 cm³/mol. The highest BCUT2D eigenvalue weighted by atomic mass is 35.5. The fraction of sp³-hybridized carbons (Fsp3) is 0.182. The standard InChI is InChI=1S/C11H10Cl2NS.6H3O4P/c1-3-4-14-7(2)15-11-6-9(13)8(12)5-10(11)14;6*1-5(2,3)4/h3,5-6H,1,4H2,2H3;6*(H3,1,2,3,4)/q+1;;;;;;/p-1. The van der Waals surface area contributed by atoms with E-state index in [-0.39, 0.29) is 0 Å². The van der Waals surface area contributed by atoms with Crippen molar-refractivity contribution in [2.24, 2.45) is 0 Å². The van der Waals surface area contributed by atoms with Crippen molar-refractivity contribution in [2.45, 2.75) is 13.5 Å². The Bertz CT molecular complexity index is 1240. The first-order chi connectivity index (χ1) is 19.1. The molecule has 1 aromatic heterocycles. The number of aryl methyl sites for hydroxylation is 1. The van der Waals surface area contributed by atoms with Crippen LogP contribution in [-0.4, -0.2) is 83.2 Å². The van der Waals surface area contributed by atoms with Gasteiger partial charge in [-0.25, -0.2) is 22.8 Å². The van der Waals surface area contributed by atoms with E-state index < -0.39 is 46.9 Å². The number of rotatable bonds is 2. The van der Waals surface area contributed by atoms with Crippen LogP contribution in [0.15, 0.2) is 24.8 Å². The van der Waals surface area contributed by atoms with Crippen molar-refractivity contribution in [1.29, 1.82) is 0 Å². The summed E-state index contributed by atoms with van der Waals surface area (Å²) in [5, 5.41) is 2.43. The van der Waals surface area contributed by atoms with Crippen LogP contribution in [0.4, 0.5) is 0 Å². The SMILES string of the molecule is C=CC[n+]1c(C)sc2cc(Cl)c(Cl)cc21.O=P(O)(O)O.O=P(O)(O)O.O=P(O)(O)O.O=P(O)(O)O.O=P(O)(O)O.O=P([O-])(O)O. The zero-order chi connectivity index (χ0) is 38.0. The first-order valence-corrected chi connectivity index (χ1v) is 20.1. The summed E-state index contributed by atoms with van der Waals surface area (Å²) in [6, 6.07) is 3.82. The van der Waals surface area contributed by atoms with E-state index in [1.807, 2.05) is 18.2 Å². The Morgan fingerprint density at radius 3 is 1.11 bits per heavy atom. The lowest BCUT2D eigenvalue weighted by Gasteiger charge is -2.01. The average Bonchev–Trinajstić information content (AvgIpc) is 2.89. The quantitative estimate of drug-likeness (QED) is 0.0865. The van der Waals surface area contributed by atoms with Gasteiger partial charge in [-0.2, -0.15) is 4.57 Å². The average molecular weight is 846 g/mol. The van der Waals surface area contributed by atoms with E-state index in [0.717, 1.165) is 16.8 Å². The van der Waals surface area contributed by atoms with Gasteiger partial charge in [0, 0.05) is 13.0 Å². The number of hydrogen-bond donors (Lipinski definition) is 17. The normalized spacial score (nSPS) is 11.5. The molecule has 1 aromatic carbocycles. The van der Waals surface area contributed by atoms with E-state index in [4.69, 9.17) is 139 Å². The molecule has 0 unspecified atom stereocenters. The van der Waals surface area contributed by atoms with Gasteiger partial charge in [0.2, 0.25) is 10.5 Å². The van der Waals surface area contributed by atoms with Crippen LogP contribution in [-0.2, 0) is 33.9 Å². The molecule has 0 fully saturated rings. The zero-order valence-electron chi connectivity index (χ0n) is 21.4. The lowest BCUT2D eigenvalue weighted by Crippen LogP contribution is -2.33. The maximum Gasteiger partial charge on any atom is 0.466 e. The van der Waals surface area contributed by atoms with Crippen molar-refractivity contribution in [3.8, 4) is 0 Å². The Labute approximate surface area is 264 Å². The topological polar surface area (TPSA) is 473 Å². The highest BCUT2D eigenvalue weighted by molar-refractivity contribution is 7.46. The molecule has 2 rings (SSSR count). The van der Waals surface area contributed by atoms with E-state index in [1.165, 1.54) is 5.01 Å². The van der Waals surface area contributed by atoms with E-state index in [2.05, 4.69) is 18.1 Å². The molecule has 17 N–H and O–H groups in total. The number of nitrogens with zero attached hydrogens (tertiary/aromatic N) is 1. The van der Waals surface area contributed by atoms with Crippen molar-refractivity contribution < 1.29 is 120 Å². The summed E-state index contributed by atoms with van der Waals surface area (Å²) >= 11 is 13.7. The molecule has 0 aliphatic heterocycles. The minimum atomic E-state index is -4.89. The molecule has 0 saturated carbocycles. The van der Waals surface area contributed by atoms with Gasteiger partial charge in [-0.3, -0.25) is 4.57 Å². The molecule has 0 amide bonds. The Morgan fingerprint density at radius 1 is 0.667 bits per heavy atom. The van der Waals surface area contributed by atoms with Crippen molar-refractivity contribution >= 4 is 91.7 Å². The summed E-state index contributed by atoms with van der Waals surface area (Å²) in [6.45, 7) is 6.62. The Kier molecular flexibility index (Phi) is 28.4. The van der Waals surface area contributed by atoms with Gasteiger partial charge >= 0.3 is 39.1 Å². The number of benzene rings is 1.